The van der Waals surface area contributed by atoms with Crippen LogP contribution in [0, 0.1) is 0 Å². The average molecular weight is 225 g/mol. The van der Waals surface area contributed by atoms with Crippen molar-refractivity contribution in [2.75, 3.05) is 6.54 Å². The van der Waals surface area contributed by atoms with Gasteiger partial charge in [0, 0.05) is 18.0 Å². The molecule has 1 atom stereocenters. The van der Waals surface area contributed by atoms with Crippen LogP contribution in [0.2, 0.25) is 0 Å². The van der Waals surface area contributed by atoms with Crippen LogP contribution < -0.4 is 5.73 Å². The Kier molecular flexibility index (Phi) is 3.38. The molecule has 0 spiro atoms. The van der Waals surface area contributed by atoms with Gasteiger partial charge >= 0.3 is 0 Å². The van der Waals surface area contributed by atoms with Gasteiger partial charge < -0.3 is 5.73 Å². The zero-order valence-electron chi connectivity index (χ0n) is 9.44. The van der Waals surface area contributed by atoms with Crippen LogP contribution in [0.25, 0.3) is 0 Å². The molecule has 4 heteroatoms. The van der Waals surface area contributed by atoms with E-state index in [-0.39, 0.29) is 0 Å². The summed E-state index contributed by atoms with van der Waals surface area (Å²) in [6.45, 7) is 6.29. The SMILES string of the molecule is CC(C)N1CCCC1c1nc(CN)cs1. The molecule has 1 aliphatic rings. The highest BCUT2D eigenvalue weighted by molar-refractivity contribution is 7.09. The van der Waals surface area contributed by atoms with Crippen LogP contribution in [0.3, 0.4) is 0 Å². The molecule has 1 aromatic heterocycles. The van der Waals surface area contributed by atoms with Crippen molar-refractivity contribution >= 4 is 11.3 Å². The van der Waals surface area contributed by atoms with E-state index >= 15 is 0 Å². The molecule has 15 heavy (non-hydrogen) atoms. The fourth-order valence-electron chi connectivity index (χ4n) is 2.24. The van der Waals surface area contributed by atoms with Crippen molar-refractivity contribution < 1.29 is 0 Å². The summed E-state index contributed by atoms with van der Waals surface area (Å²) >= 11 is 1.76. The highest BCUT2D eigenvalue weighted by Gasteiger charge is 2.29. The van der Waals surface area contributed by atoms with Crippen LogP contribution in [0.5, 0.6) is 0 Å². The molecule has 1 aromatic rings. The molecule has 1 unspecified atom stereocenters. The summed E-state index contributed by atoms with van der Waals surface area (Å²) in [5, 5.41) is 3.34. The molecule has 0 aromatic carbocycles. The third-order valence-corrected chi connectivity index (χ3v) is 4.02. The predicted octanol–water partition coefficient (Wildman–Crippen LogP) is 2.15. The number of nitrogens with zero attached hydrogens (tertiary/aromatic N) is 2. The Hall–Kier alpha value is -0.450. The molecule has 0 radical (unpaired) electrons. The molecule has 0 bridgehead atoms. The normalized spacial score (nSPS) is 22.8. The van der Waals surface area contributed by atoms with Gasteiger partial charge in [0.2, 0.25) is 0 Å². The van der Waals surface area contributed by atoms with Crippen LogP contribution in [0.4, 0.5) is 0 Å². The molecular formula is C11H19N3S. The summed E-state index contributed by atoms with van der Waals surface area (Å²) in [7, 11) is 0. The third kappa shape index (κ3) is 2.22. The summed E-state index contributed by atoms with van der Waals surface area (Å²) < 4.78 is 0. The van der Waals surface area contributed by atoms with Crippen molar-refractivity contribution in [3.05, 3.63) is 16.1 Å². The van der Waals surface area contributed by atoms with Crippen molar-refractivity contribution in [1.82, 2.24) is 9.88 Å². The topological polar surface area (TPSA) is 42.2 Å². The van der Waals surface area contributed by atoms with E-state index < -0.39 is 0 Å². The van der Waals surface area contributed by atoms with Gasteiger partial charge in [0.1, 0.15) is 5.01 Å². The van der Waals surface area contributed by atoms with Crippen LogP contribution in [0.15, 0.2) is 5.38 Å². The number of nitrogens with two attached hydrogens (primary N) is 1. The summed E-state index contributed by atoms with van der Waals surface area (Å²) in [4.78, 5) is 7.14. The van der Waals surface area contributed by atoms with Gasteiger partial charge in [-0.05, 0) is 33.2 Å². The Morgan fingerprint density at radius 2 is 2.47 bits per heavy atom. The molecule has 2 rings (SSSR count). The number of rotatable bonds is 3. The molecule has 1 fully saturated rings. The first-order valence-corrected chi connectivity index (χ1v) is 6.50. The second-order valence-electron chi connectivity index (χ2n) is 4.37. The molecule has 0 aliphatic carbocycles. The van der Waals surface area contributed by atoms with Gasteiger partial charge in [0.05, 0.1) is 11.7 Å². The number of thiazole rings is 1. The van der Waals surface area contributed by atoms with Gasteiger partial charge in [-0.15, -0.1) is 11.3 Å². The second kappa shape index (κ2) is 4.60. The smallest absolute Gasteiger partial charge is 0.110 e. The molecule has 1 saturated heterocycles. The lowest BCUT2D eigenvalue weighted by Crippen LogP contribution is -2.30. The van der Waals surface area contributed by atoms with E-state index in [0.29, 0.717) is 18.6 Å². The predicted molar refractivity (Wildman–Crippen MR) is 63.8 cm³/mol. The second-order valence-corrected chi connectivity index (χ2v) is 5.26. The van der Waals surface area contributed by atoms with Crippen LogP contribution in [-0.2, 0) is 6.54 Å². The quantitative estimate of drug-likeness (QED) is 0.857. The minimum atomic E-state index is 0.537. The molecule has 3 nitrogen and oxygen atoms in total. The average Bonchev–Trinajstić information content (AvgIpc) is 2.85. The van der Waals surface area contributed by atoms with Crippen molar-refractivity contribution in [2.45, 2.75) is 45.3 Å². The lowest BCUT2D eigenvalue weighted by molar-refractivity contribution is 0.205. The third-order valence-electron chi connectivity index (χ3n) is 3.02. The molecule has 84 valence electrons. The first kappa shape index (κ1) is 11.0. The number of aromatic nitrogens is 1. The summed E-state index contributed by atoms with van der Waals surface area (Å²) in [6.07, 6.45) is 2.54. The Bertz CT molecular complexity index is 321. The Balaban J connectivity index is 2.15. The zero-order chi connectivity index (χ0) is 10.8. The van der Waals surface area contributed by atoms with Crippen molar-refractivity contribution in [1.29, 1.82) is 0 Å². The van der Waals surface area contributed by atoms with Crippen LogP contribution in [-0.4, -0.2) is 22.5 Å². The van der Waals surface area contributed by atoms with E-state index in [1.54, 1.807) is 11.3 Å². The lowest BCUT2D eigenvalue weighted by Gasteiger charge is -2.26. The van der Waals surface area contributed by atoms with E-state index in [9.17, 15) is 0 Å². The first-order chi connectivity index (χ1) is 7.22. The maximum atomic E-state index is 5.59. The largest absolute Gasteiger partial charge is 0.325 e. The van der Waals surface area contributed by atoms with E-state index in [1.165, 1.54) is 24.4 Å². The number of hydrogen-bond donors (Lipinski definition) is 1. The molecule has 1 aliphatic heterocycles. The monoisotopic (exact) mass is 225 g/mol. The van der Waals surface area contributed by atoms with Crippen molar-refractivity contribution in [3.8, 4) is 0 Å². The fraction of sp³-hybridized carbons (Fsp3) is 0.727. The number of likely N-dealkylation sites (tertiary alicyclic amines) is 1. The Labute approximate surface area is 95.3 Å². The van der Waals surface area contributed by atoms with E-state index in [2.05, 4.69) is 29.1 Å². The van der Waals surface area contributed by atoms with Crippen molar-refractivity contribution in [2.24, 2.45) is 5.73 Å². The Morgan fingerprint density at radius 3 is 3.07 bits per heavy atom. The van der Waals surface area contributed by atoms with Gasteiger partial charge in [-0.1, -0.05) is 0 Å². The first-order valence-electron chi connectivity index (χ1n) is 5.62. The van der Waals surface area contributed by atoms with Crippen LogP contribution >= 0.6 is 11.3 Å². The van der Waals surface area contributed by atoms with E-state index in [1.807, 2.05) is 0 Å². The fourth-order valence-corrected chi connectivity index (χ4v) is 3.23. The maximum Gasteiger partial charge on any atom is 0.110 e. The molecular weight excluding hydrogens is 206 g/mol. The zero-order valence-corrected chi connectivity index (χ0v) is 10.3. The van der Waals surface area contributed by atoms with Gasteiger partial charge in [0.15, 0.2) is 0 Å². The summed E-state index contributed by atoms with van der Waals surface area (Å²) in [6, 6.07) is 1.15. The standard InChI is InChI=1S/C11H19N3S/c1-8(2)14-5-3-4-10(14)11-13-9(6-12)7-15-11/h7-8,10H,3-6,12H2,1-2H3. The summed E-state index contributed by atoms with van der Waals surface area (Å²) in [5.41, 5.74) is 6.62. The highest BCUT2D eigenvalue weighted by atomic mass is 32.1. The van der Waals surface area contributed by atoms with Gasteiger partial charge in [-0.25, -0.2) is 4.98 Å². The van der Waals surface area contributed by atoms with E-state index in [4.69, 9.17) is 5.73 Å². The van der Waals surface area contributed by atoms with E-state index in [0.717, 1.165) is 5.69 Å². The minimum Gasteiger partial charge on any atom is -0.325 e. The van der Waals surface area contributed by atoms with Gasteiger partial charge in [-0.3, -0.25) is 4.90 Å². The molecule has 0 saturated carbocycles. The Morgan fingerprint density at radius 1 is 1.67 bits per heavy atom. The minimum absolute atomic E-state index is 0.537. The highest BCUT2D eigenvalue weighted by Crippen LogP contribution is 2.34. The van der Waals surface area contributed by atoms with Gasteiger partial charge in [-0.2, -0.15) is 0 Å². The number of hydrogen-bond acceptors (Lipinski definition) is 4. The van der Waals surface area contributed by atoms with Crippen molar-refractivity contribution in [3.63, 3.8) is 0 Å². The van der Waals surface area contributed by atoms with Gasteiger partial charge in [0.25, 0.3) is 0 Å². The van der Waals surface area contributed by atoms with Crippen LogP contribution in [0.1, 0.15) is 43.4 Å². The maximum absolute atomic E-state index is 5.59. The molecule has 0 amide bonds. The molecule has 2 N–H and O–H groups in total. The summed E-state index contributed by atoms with van der Waals surface area (Å²) in [5.74, 6) is 0. The lowest BCUT2D eigenvalue weighted by atomic mass is 10.2. The molecule has 2 heterocycles.